The molecule has 1 aromatic rings. The zero-order valence-corrected chi connectivity index (χ0v) is 15.1. The van der Waals surface area contributed by atoms with Crippen LogP contribution in [0.2, 0.25) is 0 Å². The van der Waals surface area contributed by atoms with Gasteiger partial charge in [-0.2, -0.15) is 0 Å². The van der Waals surface area contributed by atoms with Crippen molar-refractivity contribution in [2.75, 3.05) is 6.61 Å². The van der Waals surface area contributed by atoms with Gasteiger partial charge in [0.25, 0.3) is 0 Å². The molecule has 24 heavy (non-hydrogen) atoms. The van der Waals surface area contributed by atoms with Crippen LogP contribution in [0.25, 0.3) is 0 Å². The van der Waals surface area contributed by atoms with Crippen molar-refractivity contribution in [3.05, 3.63) is 16.1 Å². The van der Waals surface area contributed by atoms with Gasteiger partial charge in [0.1, 0.15) is 12.3 Å². The summed E-state index contributed by atoms with van der Waals surface area (Å²) >= 11 is 1.54. The van der Waals surface area contributed by atoms with Crippen LogP contribution in [0.5, 0.6) is 0 Å². The van der Waals surface area contributed by atoms with E-state index in [4.69, 9.17) is 4.74 Å². The lowest BCUT2D eigenvalue weighted by atomic mass is 10.2. The van der Waals surface area contributed by atoms with Gasteiger partial charge in [-0.25, -0.2) is 14.6 Å². The van der Waals surface area contributed by atoms with Gasteiger partial charge in [0, 0.05) is 17.7 Å². The fraction of sp³-hybridized carbons (Fsp3) is 0.625. The maximum absolute atomic E-state index is 11.9. The number of amides is 2. The summed E-state index contributed by atoms with van der Waals surface area (Å²) in [6.45, 7) is 6.62. The molecule has 0 aliphatic heterocycles. The topological polar surface area (TPSA) is 97.4 Å². The van der Waals surface area contributed by atoms with Crippen molar-refractivity contribution in [1.82, 2.24) is 15.6 Å². The maximum atomic E-state index is 11.9. The lowest BCUT2D eigenvalue weighted by Gasteiger charge is -2.15. The SMILES string of the molecule is CCCCOC(=O)[C@H](CC=O)NC(=O)NCc1csc(C(C)C)n1. The van der Waals surface area contributed by atoms with Crippen molar-refractivity contribution in [2.45, 2.75) is 58.5 Å². The van der Waals surface area contributed by atoms with Crippen molar-refractivity contribution in [2.24, 2.45) is 0 Å². The summed E-state index contributed by atoms with van der Waals surface area (Å²) in [6, 6.07) is -1.51. The molecular weight excluding hydrogens is 330 g/mol. The fourth-order valence-corrected chi connectivity index (χ4v) is 2.61. The number of ether oxygens (including phenoxy) is 1. The van der Waals surface area contributed by atoms with Crippen LogP contribution >= 0.6 is 11.3 Å². The van der Waals surface area contributed by atoms with Gasteiger partial charge in [-0.15, -0.1) is 11.3 Å². The van der Waals surface area contributed by atoms with Gasteiger partial charge in [-0.3, -0.25) is 0 Å². The first-order valence-corrected chi connectivity index (χ1v) is 8.94. The largest absolute Gasteiger partial charge is 0.464 e. The molecule has 0 aliphatic rings. The summed E-state index contributed by atoms with van der Waals surface area (Å²) in [5, 5.41) is 7.99. The van der Waals surface area contributed by atoms with E-state index >= 15 is 0 Å². The second-order valence-electron chi connectivity index (χ2n) is 5.63. The van der Waals surface area contributed by atoms with Crippen LogP contribution < -0.4 is 10.6 Å². The molecule has 1 atom stereocenters. The predicted octanol–water partition coefficient (Wildman–Crippen LogP) is 2.37. The molecule has 0 radical (unpaired) electrons. The molecule has 1 heterocycles. The Morgan fingerprint density at radius 3 is 2.75 bits per heavy atom. The molecule has 0 spiro atoms. The third-order valence-electron chi connectivity index (χ3n) is 3.16. The maximum Gasteiger partial charge on any atom is 0.329 e. The molecule has 134 valence electrons. The molecule has 8 heteroatoms. The summed E-state index contributed by atoms with van der Waals surface area (Å²) < 4.78 is 5.04. The van der Waals surface area contributed by atoms with Gasteiger partial charge in [-0.05, 0) is 6.42 Å². The van der Waals surface area contributed by atoms with Crippen molar-refractivity contribution in [3.8, 4) is 0 Å². The number of hydrogen-bond donors (Lipinski definition) is 2. The van der Waals surface area contributed by atoms with Gasteiger partial charge in [0.05, 0.1) is 23.9 Å². The number of esters is 1. The number of hydrogen-bond acceptors (Lipinski definition) is 6. The lowest BCUT2D eigenvalue weighted by Crippen LogP contribution is -2.46. The molecular formula is C16H25N3O4S. The highest BCUT2D eigenvalue weighted by molar-refractivity contribution is 7.09. The minimum absolute atomic E-state index is 0.118. The van der Waals surface area contributed by atoms with Crippen LogP contribution in [-0.4, -0.2) is 35.9 Å². The molecule has 2 N–H and O–H groups in total. The lowest BCUT2D eigenvalue weighted by molar-refractivity contribution is -0.146. The van der Waals surface area contributed by atoms with Crippen molar-refractivity contribution >= 4 is 29.6 Å². The van der Waals surface area contributed by atoms with E-state index in [1.54, 1.807) is 11.3 Å². The number of rotatable bonds is 10. The monoisotopic (exact) mass is 355 g/mol. The van der Waals surface area contributed by atoms with E-state index in [2.05, 4.69) is 29.5 Å². The van der Waals surface area contributed by atoms with E-state index in [0.717, 1.165) is 23.5 Å². The zero-order chi connectivity index (χ0) is 17.9. The Hall–Kier alpha value is -1.96. The number of carbonyl (C=O) groups is 3. The highest BCUT2D eigenvalue weighted by Gasteiger charge is 2.21. The first kappa shape index (κ1) is 20.1. The number of aldehydes is 1. The second-order valence-corrected chi connectivity index (χ2v) is 6.52. The normalized spacial score (nSPS) is 11.8. The smallest absolute Gasteiger partial charge is 0.329 e. The minimum Gasteiger partial charge on any atom is -0.464 e. The summed E-state index contributed by atoms with van der Waals surface area (Å²) in [4.78, 5) is 38.9. The average Bonchev–Trinajstić information content (AvgIpc) is 3.02. The number of thiazole rings is 1. The Balaban J connectivity index is 2.46. The van der Waals surface area contributed by atoms with E-state index in [1.165, 1.54) is 0 Å². The summed E-state index contributed by atoms with van der Waals surface area (Å²) in [6.07, 6.45) is 2.10. The summed E-state index contributed by atoms with van der Waals surface area (Å²) in [5.74, 6) is -0.256. The number of urea groups is 1. The molecule has 0 saturated heterocycles. The average molecular weight is 355 g/mol. The Kier molecular flexibility index (Phi) is 8.99. The fourth-order valence-electron chi connectivity index (χ4n) is 1.78. The molecule has 2 amide bonds. The first-order valence-electron chi connectivity index (χ1n) is 8.06. The number of unbranched alkanes of at least 4 members (excludes halogenated alkanes) is 1. The standard InChI is InChI=1S/C16H25N3O4S/c1-4-5-8-23-15(21)13(6-7-20)19-16(22)17-9-12-10-24-14(18-12)11(2)3/h7,10-11,13H,4-6,8-9H2,1-3H3,(H2,17,19,22)/t13-/m0/s1. The van der Waals surface area contributed by atoms with E-state index in [1.807, 2.05) is 12.3 Å². The number of carbonyl (C=O) groups excluding carboxylic acids is 3. The third-order valence-corrected chi connectivity index (χ3v) is 4.35. The minimum atomic E-state index is -0.971. The highest BCUT2D eigenvalue weighted by atomic mass is 32.1. The van der Waals surface area contributed by atoms with Gasteiger partial charge < -0.3 is 20.2 Å². The van der Waals surface area contributed by atoms with E-state index in [-0.39, 0.29) is 19.6 Å². The van der Waals surface area contributed by atoms with Gasteiger partial charge in [-0.1, -0.05) is 27.2 Å². The quantitative estimate of drug-likeness (QED) is 0.381. The zero-order valence-electron chi connectivity index (χ0n) is 14.3. The molecule has 0 fully saturated rings. The summed E-state index contributed by atoms with van der Waals surface area (Å²) in [7, 11) is 0. The molecule has 0 aliphatic carbocycles. The van der Waals surface area contributed by atoms with Crippen molar-refractivity contribution in [3.63, 3.8) is 0 Å². The molecule has 1 rings (SSSR count). The molecule has 0 unspecified atom stereocenters. The number of aromatic nitrogens is 1. The third kappa shape index (κ3) is 7.08. The van der Waals surface area contributed by atoms with Crippen LogP contribution in [0, 0.1) is 0 Å². The second kappa shape index (κ2) is 10.7. The van der Waals surface area contributed by atoms with E-state index in [9.17, 15) is 14.4 Å². The molecule has 0 aromatic carbocycles. The number of nitrogens with one attached hydrogen (secondary N) is 2. The van der Waals surface area contributed by atoms with Crippen LogP contribution in [0.3, 0.4) is 0 Å². The summed E-state index contributed by atoms with van der Waals surface area (Å²) in [5.41, 5.74) is 0.760. The Bertz CT molecular complexity index is 545. The first-order chi connectivity index (χ1) is 11.5. The molecule has 0 saturated carbocycles. The van der Waals surface area contributed by atoms with Crippen LogP contribution in [0.4, 0.5) is 4.79 Å². The highest BCUT2D eigenvalue weighted by Crippen LogP contribution is 2.18. The van der Waals surface area contributed by atoms with Crippen LogP contribution in [0.15, 0.2) is 5.38 Å². The van der Waals surface area contributed by atoms with E-state index in [0.29, 0.717) is 12.2 Å². The predicted molar refractivity (Wildman–Crippen MR) is 91.9 cm³/mol. The molecule has 0 bridgehead atoms. The van der Waals surface area contributed by atoms with Gasteiger partial charge in [0.15, 0.2) is 0 Å². The van der Waals surface area contributed by atoms with Crippen LogP contribution in [-0.2, 0) is 20.9 Å². The molecule has 1 aromatic heterocycles. The number of nitrogens with zero attached hydrogens (tertiary/aromatic N) is 1. The molecule has 7 nitrogen and oxygen atoms in total. The van der Waals surface area contributed by atoms with Crippen molar-refractivity contribution in [1.29, 1.82) is 0 Å². The Labute approximate surface area is 146 Å². The van der Waals surface area contributed by atoms with Crippen LogP contribution in [0.1, 0.15) is 56.7 Å². The van der Waals surface area contributed by atoms with E-state index < -0.39 is 18.0 Å². The Morgan fingerprint density at radius 1 is 1.42 bits per heavy atom. The van der Waals surface area contributed by atoms with Gasteiger partial charge in [0.2, 0.25) is 0 Å². The Morgan fingerprint density at radius 2 is 2.17 bits per heavy atom. The van der Waals surface area contributed by atoms with Gasteiger partial charge >= 0.3 is 12.0 Å². The van der Waals surface area contributed by atoms with Crippen molar-refractivity contribution < 1.29 is 19.1 Å².